The highest BCUT2D eigenvalue weighted by Crippen LogP contribution is 2.25. The van der Waals surface area contributed by atoms with E-state index in [1.165, 1.54) is 6.42 Å². The Morgan fingerprint density at radius 3 is 2.80 bits per heavy atom. The van der Waals surface area contributed by atoms with Crippen molar-refractivity contribution in [3.8, 4) is 0 Å². The molecule has 108 valence electrons. The van der Waals surface area contributed by atoms with E-state index in [0.717, 1.165) is 29.3 Å². The lowest BCUT2D eigenvalue weighted by molar-refractivity contribution is -0.120. The molecule has 1 aliphatic carbocycles. The maximum atomic E-state index is 12.1. The molecule has 20 heavy (non-hydrogen) atoms. The number of allylic oxidation sites excluding steroid dienone is 2. The van der Waals surface area contributed by atoms with Gasteiger partial charge >= 0.3 is 0 Å². The van der Waals surface area contributed by atoms with Crippen LogP contribution in [0.25, 0.3) is 0 Å². The van der Waals surface area contributed by atoms with Crippen molar-refractivity contribution in [2.45, 2.75) is 36.3 Å². The summed E-state index contributed by atoms with van der Waals surface area (Å²) in [4.78, 5) is 13.1. The number of hydrogen-bond donors (Lipinski definition) is 1. The number of nitrogens with one attached hydrogen (secondary N) is 1. The summed E-state index contributed by atoms with van der Waals surface area (Å²) in [5, 5.41) is 3.70. The molecule has 0 saturated carbocycles. The fourth-order valence-electron chi connectivity index (χ4n) is 2.20. The summed E-state index contributed by atoms with van der Waals surface area (Å²) in [6.07, 6.45) is 7.83. The topological polar surface area (TPSA) is 29.1 Å². The van der Waals surface area contributed by atoms with Gasteiger partial charge in [-0.05, 0) is 56.4 Å². The van der Waals surface area contributed by atoms with Crippen LogP contribution in [0, 0.1) is 5.92 Å². The van der Waals surface area contributed by atoms with Crippen molar-refractivity contribution in [1.82, 2.24) is 5.32 Å². The lowest BCUT2D eigenvalue weighted by Crippen LogP contribution is -2.34. The molecule has 0 saturated heterocycles. The van der Waals surface area contributed by atoms with Crippen LogP contribution in [0.15, 0.2) is 41.3 Å². The molecule has 1 aliphatic rings. The largest absolute Gasteiger partial charge is 0.355 e. The lowest BCUT2D eigenvalue weighted by Gasteiger charge is -2.19. The molecule has 0 bridgehead atoms. The van der Waals surface area contributed by atoms with Crippen LogP contribution in [0.3, 0.4) is 0 Å². The van der Waals surface area contributed by atoms with Gasteiger partial charge in [-0.3, -0.25) is 4.79 Å². The van der Waals surface area contributed by atoms with Crippen LogP contribution in [-0.4, -0.2) is 17.7 Å². The third-order valence-electron chi connectivity index (χ3n) is 3.44. The Kier molecular flexibility index (Phi) is 5.99. The molecule has 1 amide bonds. The summed E-state index contributed by atoms with van der Waals surface area (Å²) in [5.74, 6) is 0.705. The van der Waals surface area contributed by atoms with E-state index in [9.17, 15) is 4.79 Å². The fraction of sp³-hybridized carbons (Fsp3) is 0.438. The van der Waals surface area contributed by atoms with Crippen molar-refractivity contribution in [1.29, 1.82) is 0 Å². The molecule has 1 N–H and O–H groups in total. The molecule has 0 aromatic heterocycles. The van der Waals surface area contributed by atoms with Gasteiger partial charge in [0.25, 0.3) is 0 Å². The molecular weight excluding hydrogens is 290 g/mol. The second kappa shape index (κ2) is 7.75. The SMILES string of the molecule is CC(Sc1ccc(Cl)cc1)C(=O)NCC1CC=CCC1. The number of benzene rings is 1. The molecule has 0 spiro atoms. The average molecular weight is 310 g/mol. The summed E-state index contributed by atoms with van der Waals surface area (Å²) in [5.41, 5.74) is 0. The minimum Gasteiger partial charge on any atom is -0.355 e. The van der Waals surface area contributed by atoms with Gasteiger partial charge < -0.3 is 5.32 Å². The molecule has 2 nitrogen and oxygen atoms in total. The Labute approximate surface area is 130 Å². The van der Waals surface area contributed by atoms with Gasteiger partial charge in [-0.1, -0.05) is 23.8 Å². The Balaban J connectivity index is 1.76. The number of halogens is 1. The summed E-state index contributed by atoms with van der Waals surface area (Å²) in [6, 6.07) is 7.59. The van der Waals surface area contributed by atoms with Gasteiger partial charge in [-0.25, -0.2) is 0 Å². The van der Waals surface area contributed by atoms with E-state index < -0.39 is 0 Å². The van der Waals surface area contributed by atoms with Crippen LogP contribution in [0.4, 0.5) is 0 Å². The first kappa shape index (κ1) is 15.5. The molecule has 2 atom stereocenters. The van der Waals surface area contributed by atoms with Crippen LogP contribution < -0.4 is 5.32 Å². The molecule has 1 aromatic rings. The summed E-state index contributed by atoms with van der Waals surface area (Å²) in [6.45, 7) is 2.73. The highest BCUT2D eigenvalue weighted by atomic mass is 35.5. The first-order valence-electron chi connectivity index (χ1n) is 7.00. The first-order chi connectivity index (χ1) is 9.65. The van der Waals surface area contributed by atoms with Gasteiger partial charge in [0.1, 0.15) is 0 Å². The fourth-order valence-corrected chi connectivity index (χ4v) is 3.22. The van der Waals surface area contributed by atoms with E-state index in [2.05, 4.69) is 17.5 Å². The minimum atomic E-state index is -0.0877. The van der Waals surface area contributed by atoms with E-state index in [-0.39, 0.29) is 11.2 Å². The van der Waals surface area contributed by atoms with Crippen molar-refractivity contribution in [3.63, 3.8) is 0 Å². The zero-order valence-electron chi connectivity index (χ0n) is 11.6. The Hall–Kier alpha value is -0.930. The third kappa shape index (κ3) is 4.88. The predicted molar refractivity (Wildman–Crippen MR) is 86.3 cm³/mol. The van der Waals surface area contributed by atoms with Gasteiger partial charge in [0, 0.05) is 16.5 Å². The molecule has 0 radical (unpaired) electrons. The number of carbonyl (C=O) groups excluding carboxylic acids is 1. The molecule has 0 aliphatic heterocycles. The lowest BCUT2D eigenvalue weighted by atomic mass is 9.94. The average Bonchev–Trinajstić information content (AvgIpc) is 2.48. The van der Waals surface area contributed by atoms with Crippen molar-refractivity contribution >= 4 is 29.3 Å². The number of rotatable bonds is 5. The van der Waals surface area contributed by atoms with E-state index >= 15 is 0 Å². The Morgan fingerprint density at radius 1 is 1.40 bits per heavy atom. The summed E-state index contributed by atoms with van der Waals surface area (Å²) in [7, 11) is 0. The third-order valence-corrected chi connectivity index (χ3v) is 4.80. The normalized spacial score (nSPS) is 19.6. The summed E-state index contributed by atoms with van der Waals surface area (Å²) >= 11 is 7.41. The van der Waals surface area contributed by atoms with Crippen LogP contribution >= 0.6 is 23.4 Å². The second-order valence-corrected chi connectivity index (χ2v) is 6.96. The van der Waals surface area contributed by atoms with Crippen LogP contribution in [-0.2, 0) is 4.79 Å². The molecule has 0 fully saturated rings. The molecule has 4 heteroatoms. The second-order valence-electron chi connectivity index (χ2n) is 5.11. The van der Waals surface area contributed by atoms with E-state index in [4.69, 9.17) is 11.6 Å². The van der Waals surface area contributed by atoms with E-state index in [0.29, 0.717) is 5.92 Å². The van der Waals surface area contributed by atoms with Crippen molar-refractivity contribution < 1.29 is 4.79 Å². The van der Waals surface area contributed by atoms with Gasteiger partial charge in [-0.2, -0.15) is 0 Å². The van der Waals surface area contributed by atoms with Gasteiger partial charge in [0.2, 0.25) is 5.91 Å². The smallest absolute Gasteiger partial charge is 0.233 e. The number of thioether (sulfide) groups is 1. The van der Waals surface area contributed by atoms with Gasteiger partial charge in [0.15, 0.2) is 0 Å². The number of carbonyl (C=O) groups is 1. The molecule has 2 rings (SSSR count). The molecule has 2 unspecified atom stereocenters. The maximum absolute atomic E-state index is 12.1. The monoisotopic (exact) mass is 309 g/mol. The van der Waals surface area contributed by atoms with Gasteiger partial charge in [0.05, 0.1) is 5.25 Å². The van der Waals surface area contributed by atoms with Crippen molar-refractivity contribution in [2.75, 3.05) is 6.54 Å². The Morgan fingerprint density at radius 2 is 2.15 bits per heavy atom. The molecule has 0 heterocycles. The first-order valence-corrected chi connectivity index (χ1v) is 8.26. The standard InChI is InChI=1S/C16H20ClNOS/c1-12(20-15-9-7-14(17)8-10-15)16(19)18-11-13-5-3-2-4-6-13/h2-3,7-10,12-13H,4-6,11H2,1H3,(H,18,19). The van der Waals surface area contributed by atoms with Gasteiger partial charge in [-0.15, -0.1) is 11.8 Å². The quantitative estimate of drug-likeness (QED) is 0.649. The van der Waals surface area contributed by atoms with Crippen molar-refractivity contribution in [2.24, 2.45) is 5.92 Å². The predicted octanol–water partition coefficient (Wildman–Crippen LogP) is 4.29. The molecule has 1 aromatic carbocycles. The minimum absolute atomic E-state index is 0.0877. The highest BCUT2D eigenvalue weighted by molar-refractivity contribution is 8.00. The molecular formula is C16H20ClNOS. The van der Waals surface area contributed by atoms with Crippen LogP contribution in [0.5, 0.6) is 0 Å². The zero-order chi connectivity index (χ0) is 14.4. The number of hydrogen-bond acceptors (Lipinski definition) is 2. The maximum Gasteiger partial charge on any atom is 0.233 e. The Bertz CT molecular complexity index is 472. The highest BCUT2D eigenvalue weighted by Gasteiger charge is 2.16. The number of amides is 1. The summed E-state index contributed by atoms with van der Waals surface area (Å²) < 4.78 is 0. The van der Waals surface area contributed by atoms with E-state index in [1.54, 1.807) is 11.8 Å². The zero-order valence-corrected chi connectivity index (χ0v) is 13.2. The van der Waals surface area contributed by atoms with Crippen LogP contribution in [0.2, 0.25) is 5.02 Å². The van der Waals surface area contributed by atoms with Crippen molar-refractivity contribution in [3.05, 3.63) is 41.4 Å². The van der Waals surface area contributed by atoms with Crippen LogP contribution in [0.1, 0.15) is 26.2 Å². The van der Waals surface area contributed by atoms with E-state index in [1.807, 2.05) is 31.2 Å².